The van der Waals surface area contributed by atoms with Crippen LogP contribution < -0.4 is 5.73 Å². The summed E-state index contributed by atoms with van der Waals surface area (Å²) in [4.78, 5) is 2.11. The van der Waals surface area contributed by atoms with Crippen LogP contribution in [0.2, 0.25) is 0 Å². The lowest BCUT2D eigenvalue weighted by Gasteiger charge is -2.25. The van der Waals surface area contributed by atoms with Crippen LogP contribution in [0.15, 0.2) is 36.5 Å². The normalized spacial score (nSPS) is 10.6. The lowest BCUT2D eigenvalue weighted by molar-refractivity contribution is 0.396. The van der Waals surface area contributed by atoms with Crippen molar-refractivity contribution in [3.05, 3.63) is 42.2 Å². The number of hydrogen-bond acceptors (Lipinski definition) is 4. The minimum atomic E-state index is 0.434. The monoisotopic (exact) mass is 325 g/mol. The molecule has 0 atom stereocenters. The molecule has 2 rings (SSSR count). The van der Waals surface area contributed by atoms with E-state index in [9.17, 15) is 0 Å². The van der Waals surface area contributed by atoms with Crippen molar-refractivity contribution in [2.75, 3.05) is 18.8 Å². The van der Waals surface area contributed by atoms with Gasteiger partial charge in [-0.2, -0.15) is 5.10 Å². The van der Waals surface area contributed by atoms with Gasteiger partial charge in [0, 0.05) is 29.9 Å². The van der Waals surface area contributed by atoms with E-state index in [0.29, 0.717) is 17.2 Å². The van der Waals surface area contributed by atoms with Crippen LogP contribution in [-0.2, 0) is 0 Å². The number of hydrogen-bond donors (Lipinski definition) is 2. The Morgan fingerprint density at radius 3 is 2.33 bits per heavy atom. The van der Waals surface area contributed by atoms with Crippen molar-refractivity contribution < 1.29 is 0 Å². The first-order valence-corrected chi connectivity index (χ1v) is 8.69. The van der Waals surface area contributed by atoms with Gasteiger partial charge >= 0.3 is 0 Å². The van der Waals surface area contributed by atoms with E-state index >= 15 is 0 Å². The number of unbranched alkanes of at least 4 members (excludes halogenated alkanes) is 2. The summed E-state index contributed by atoms with van der Waals surface area (Å²) in [5.41, 5.74) is 9.18. The molecule has 0 radical (unpaired) electrons. The largest absolute Gasteiger partial charge is 0.398 e. The molecule has 0 saturated carbocycles. The predicted molar refractivity (Wildman–Crippen MR) is 100 cm³/mol. The first-order chi connectivity index (χ1) is 11.7. The number of nitrogens with two attached hydrogens (primary N) is 1. The van der Waals surface area contributed by atoms with Gasteiger partial charge in [0.15, 0.2) is 0 Å². The molecule has 5 nitrogen and oxygen atoms in total. The molecule has 1 aromatic carbocycles. The number of aromatic nitrogens is 2. The number of anilines is 1. The van der Waals surface area contributed by atoms with Gasteiger partial charge in [-0.05, 0) is 25.0 Å². The minimum Gasteiger partial charge on any atom is -0.398 e. The van der Waals surface area contributed by atoms with Crippen LogP contribution in [0.1, 0.15) is 45.2 Å². The minimum absolute atomic E-state index is 0.434. The number of amidine groups is 1. The molecule has 0 unspecified atom stereocenters. The topological polar surface area (TPSA) is 78.9 Å². The predicted octanol–water partition coefficient (Wildman–Crippen LogP) is 3.95. The van der Waals surface area contributed by atoms with Crippen LogP contribution in [-0.4, -0.2) is 34.0 Å². The number of nitrogens with zero attached hydrogens (tertiary/aromatic N) is 3. The van der Waals surface area contributed by atoms with Gasteiger partial charge in [0.1, 0.15) is 11.5 Å². The zero-order valence-electron chi connectivity index (χ0n) is 14.6. The molecular weight excluding hydrogens is 298 g/mol. The molecule has 0 aliphatic carbocycles. The fraction of sp³-hybridized carbons (Fsp3) is 0.421. The Labute approximate surface area is 144 Å². The first-order valence-electron chi connectivity index (χ1n) is 8.69. The van der Waals surface area contributed by atoms with E-state index in [-0.39, 0.29) is 0 Å². The van der Waals surface area contributed by atoms with Crippen molar-refractivity contribution in [2.45, 2.75) is 39.5 Å². The van der Waals surface area contributed by atoms with Gasteiger partial charge in [-0.3, -0.25) is 5.41 Å². The Kier molecular flexibility index (Phi) is 6.73. The van der Waals surface area contributed by atoms with Crippen molar-refractivity contribution in [1.29, 1.82) is 5.41 Å². The highest BCUT2D eigenvalue weighted by Gasteiger charge is 2.18. The van der Waals surface area contributed by atoms with Crippen LogP contribution in [0.25, 0.3) is 11.1 Å². The maximum Gasteiger partial charge on any atom is 0.149 e. The molecule has 0 aliphatic heterocycles. The first kappa shape index (κ1) is 17.9. The average Bonchev–Trinajstić information content (AvgIpc) is 2.62. The zero-order chi connectivity index (χ0) is 17.4. The van der Waals surface area contributed by atoms with Crippen molar-refractivity contribution in [2.24, 2.45) is 0 Å². The Bertz CT molecular complexity index is 660. The number of nitrogens with one attached hydrogen (secondary N) is 1. The fourth-order valence-electron chi connectivity index (χ4n) is 2.65. The smallest absolute Gasteiger partial charge is 0.149 e. The molecule has 0 fully saturated rings. The summed E-state index contributed by atoms with van der Waals surface area (Å²) in [6, 6.07) is 9.58. The third-order valence-corrected chi connectivity index (χ3v) is 4.08. The van der Waals surface area contributed by atoms with E-state index in [4.69, 9.17) is 11.1 Å². The number of para-hydroxylation sites is 1. The quantitative estimate of drug-likeness (QED) is 0.437. The standard InChI is InChI=1S/C19H27N5/c1-3-5-13-24(14-6-4-2)19(21)18-16(11-12-22-23-18)15-9-7-8-10-17(15)20/h7-12,21H,3-6,13-14,20H2,1-2H3. The van der Waals surface area contributed by atoms with Crippen molar-refractivity contribution >= 4 is 11.5 Å². The molecule has 1 aromatic heterocycles. The second kappa shape index (κ2) is 9.01. The maximum absolute atomic E-state index is 8.69. The lowest BCUT2D eigenvalue weighted by Crippen LogP contribution is -2.34. The molecule has 0 bridgehead atoms. The molecule has 0 spiro atoms. The van der Waals surface area contributed by atoms with Gasteiger partial charge in [-0.15, -0.1) is 5.10 Å². The molecule has 0 aliphatic rings. The summed E-state index contributed by atoms with van der Waals surface area (Å²) < 4.78 is 0. The Hall–Kier alpha value is -2.43. The highest BCUT2D eigenvalue weighted by Crippen LogP contribution is 2.28. The van der Waals surface area contributed by atoms with Crippen LogP contribution in [0.3, 0.4) is 0 Å². The fourth-order valence-corrected chi connectivity index (χ4v) is 2.65. The highest BCUT2D eigenvalue weighted by atomic mass is 15.2. The van der Waals surface area contributed by atoms with Gasteiger partial charge in [-0.25, -0.2) is 0 Å². The Balaban J connectivity index is 2.36. The maximum atomic E-state index is 8.69. The molecule has 1 heterocycles. The van der Waals surface area contributed by atoms with Crippen molar-refractivity contribution in [1.82, 2.24) is 15.1 Å². The molecule has 128 valence electrons. The van der Waals surface area contributed by atoms with Gasteiger partial charge in [0.25, 0.3) is 0 Å². The third-order valence-electron chi connectivity index (χ3n) is 4.08. The second-order valence-corrected chi connectivity index (χ2v) is 5.92. The van der Waals surface area contributed by atoms with Crippen molar-refractivity contribution in [3.63, 3.8) is 0 Å². The van der Waals surface area contributed by atoms with Crippen LogP contribution in [0.4, 0.5) is 5.69 Å². The van der Waals surface area contributed by atoms with Crippen LogP contribution in [0, 0.1) is 5.41 Å². The van der Waals surface area contributed by atoms with Gasteiger partial charge < -0.3 is 10.6 Å². The molecule has 3 N–H and O–H groups in total. The molecule has 2 aromatic rings. The molecule has 0 amide bonds. The van der Waals surface area contributed by atoms with E-state index in [1.54, 1.807) is 6.20 Å². The summed E-state index contributed by atoms with van der Waals surface area (Å²) in [7, 11) is 0. The molecular formula is C19H27N5. The molecule has 24 heavy (non-hydrogen) atoms. The Morgan fingerprint density at radius 1 is 1.04 bits per heavy atom. The van der Waals surface area contributed by atoms with E-state index in [2.05, 4.69) is 28.9 Å². The van der Waals surface area contributed by atoms with Gasteiger partial charge in [0.05, 0.1) is 6.20 Å². The van der Waals surface area contributed by atoms with E-state index in [0.717, 1.165) is 49.9 Å². The second-order valence-electron chi connectivity index (χ2n) is 5.92. The molecule has 5 heteroatoms. The van der Waals surface area contributed by atoms with Gasteiger partial charge in [-0.1, -0.05) is 44.9 Å². The van der Waals surface area contributed by atoms with E-state index in [1.165, 1.54) is 0 Å². The SMILES string of the molecule is CCCCN(CCCC)C(=N)c1nnccc1-c1ccccc1N. The average molecular weight is 325 g/mol. The summed E-state index contributed by atoms with van der Waals surface area (Å²) >= 11 is 0. The number of nitrogen functional groups attached to an aromatic ring is 1. The van der Waals surface area contributed by atoms with E-state index < -0.39 is 0 Å². The van der Waals surface area contributed by atoms with Gasteiger partial charge in [0.2, 0.25) is 0 Å². The Morgan fingerprint density at radius 2 is 1.71 bits per heavy atom. The summed E-state index contributed by atoms with van der Waals surface area (Å²) in [5.74, 6) is 0.434. The number of benzene rings is 1. The lowest BCUT2D eigenvalue weighted by atomic mass is 10.0. The highest BCUT2D eigenvalue weighted by molar-refractivity contribution is 6.01. The number of rotatable bonds is 8. The zero-order valence-corrected chi connectivity index (χ0v) is 14.6. The van der Waals surface area contributed by atoms with Crippen LogP contribution in [0.5, 0.6) is 0 Å². The summed E-state index contributed by atoms with van der Waals surface area (Å²) in [5, 5.41) is 17.0. The van der Waals surface area contributed by atoms with Crippen LogP contribution >= 0.6 is 0 Å². The van der Waals surface area contributed by atoms with E-state index in [1.807, 2.05) is 30.3 Å². The molecule has 0 saturated heterocycles. The third kappa shape index (κ3) is 4.31. The summed E-state index contributed by atoms with van der Waals surface area (Å²) in [6.45, 7) is 6.07. The van der Waals surface area contributed by atoms with Crippen molar-refractivity contribution in [3.8, 4) is 11.1 Å². The summed E-state index contributed by atoms with van der Waals surface area (Å²) in [6.07, 6.45) is 6.00.